The summed E-state index contributed by atoms with van der Waals surface area (Å²) in [5, 5.41) is 10.8. The number of amides is 1. The minimum atomic E-state index is -3.45. The standard InChI is InChI=1S/C16H17N5O3S/c1-3-21-15-9-8-11(10-14(15)18-20-21)16(22)17-12-6-4-5-7-13(12)19-25(2,23)24/h4-10,19H,3H2,1-2H3,(H,17,22). The number of nitrogens with zero attached hydrogens (tertiary/aromatic N) is 3. The monoisotopic (exact) mass is 359 g/mol. The molecule has 9 heteroatoms. The van der Waals surface area contributed by atoms with Gasteiger partial charge in [-0.3, -0.25) is 9.52 Å². The van der Waals surface area contributed by atoms with Gasteiger partial charge in [0.15, 0.2) is 0 Å². The van der Waals surface area contributed by atoms with E-state index in [9.17, 15) is 13.2 Å². The number of anilines is 2. The summed E-state index contributed by atoms with van der Waals surface area (Å²) in [6.45, 7) is 2.65. The number of carbonyl (C=O) groups is 1. The highest BCUT2D eigenvalue weighted by atomic mass is 32.2. The molecular formula is C16H17N5O3S. The Morgan fingerprint density at radius 2 is 1.88 bits per heavy atom. The van der Waals surface area contributed by atoms with E-state index in [4.69, 9.17) is 0 Å². The van der Waals surface area contributed by atoms with Crippen LogP contribution in [0.5, 0.6) is 0 Å². The van der Waals surface area contributed by atoms with Gasteiger partial charge in [-0.15, -0.1) is 5.10 Å². The molecule has 0 atom stereocenters. The summed E-state index contributed by atoms with van der Waals surface area (Å²) in [7, 11) is -3.45. The van der Waals surface area contributed by atoms with E-state index in [1.165, 1.54) is 0 Å². The number of nitrogens with one attached hydrogen (secondary N) is 2. The van der Waals surface area contributed by atoms with Crippen LogP contribution in [0.1, 0.15) is 17.3 Å². The second kappa shape index (κ2) is 6.52. The number of rotatable bonds is 5. The fraction of sp³-hybridized carbons (Fsp3) is 0.188. The lowest BCUT2D eigenvalue weighted by molar-refractivity contribution is 0.102. The van der Waals surface area contributed by atoms with E-state index in [1.54, 1.807) is 47.1 Å². The van der Waals surface area contributed by atoms with Gasteiger partial charge in [0.05, 0.1) is 23.1 Å². The zero-order valence-corrected chi connectivity index (χ0v) is 14.5. The Morgan fingerprint density at radius 3 is 2.56 bits per heavy atom. The normalized spacial score (nSPS) is 11.4. The zero-order chi connectivity index (χ0) is 18.0. The average Bonchev–Trinajstić information content (AvgIpc) is 2.97. The van der Waals surface area contributed by atoms with Crippen molar-refractivity contribution in [3.63, 3.8) is 0 Å². The molecule has 0 unspecified atom stereocenters. The smallest absolute Gasteiger partial charge is 0.255 e. The summed E-state index contributed by atoms with van der Waals surface area (Å²) >= 11 is 0. The van der Waals surface area contributed by atoms with Crippen molar-refractivity contribution in [1.82, 2.24) is 15.0 Å². The van der Waals surface area contributed by atoms with Gasteiger partial charge in [-0.1, -0.05) is 17.3 Å². The van der Waals surface area contributed by atoms with Crippen LogP contribution in [0, 0.1) is 0 Å². The van der Waals surface area contributed by atoms with Gasteiger partial charge in [-0.2, -0.15) is 0 Å². The van der Waals surface area contributed by atoms with Crippen LogP contribution in [-0.4, -0.2) is 35.6 Å². The highest BCUT2D eigenvalue weighted by molar-refractivity contribution is 7.92. The third kappa shape index (κ3) is 3.77. The van der Waals surface area contributed by atoms with Crippen molar-refractivity contribution in [3.05, 3.63) is 48.0 Å². The van der Waals surface area contributed by atoms with Crippen LogP contribution in [-0.2, 0) is 16.6 Å². The minimum Gasteiger partial charge on any atom is -0.320 e. The predicted molar refractivity (Wildman–Crippen MR) is 96.1 cm³/mol. The second-order valence-corrected chi connectivity index (χ2v) is 7.23. The van der Waals surface area contributed by atoms with Gasteiger partial charge in [-0.05, 0) is 37.3 Å². The topological polar surface area (TPSA) is 106 Å². The van der Waals surface area contributed by atoms with Crippen LogP contribution >= 0.6 is 0 Å². The van der Waals surface area contributed by atoms with E-state index in [-0.39, 0.29) is 5.91 Å². The lowest BCUT2D eigenvalue weighted by Crippen LogP contribution is -2.16. The molecular weight excluding hydrogens is 342 g/mol. The molecule has 3 aromatic rings. The average molecular weight is 359 g/mol. The number of hydrogen-bond acceptors (Lipinski definition) is 5. The van der Waals surface area contributed by atoms with Gasteiger partial charge in [0, 0.05) is 12.1 Å². The highest BCUT2D eigenvalue weighted by Gasteiger charge is 2.13. The van der Waals surface area contributed by atoms with Gasteiger partial charge in [0.2, 0.25) is 10.0 Å². The fourth-order valence-electron chi connectivity index (χ4n) is 2.42. The summed E-state index contributed by atoms with van der Waals surface area (Å²) in [5.74, 6) is -0.365. The maximum Gasteiger partial charge on any atom is 0.255 e. The Labute approximate surface area is 144 Å². The third-order valence-electron chi connectivity index (χ3n) is 3.55. The van der Waals surface area contributed by atoms with Gasteiger partial charge in [0.25, 0.3) is 5.91 Å². The summed E-state index contributed by atoms with van der Waals surface area (Å²) in [6.07, 6.45) is 1.05. The molecule has 130 valence electrons. The fourth-order valence-corrected chi connectivity index (χ4v) is 3.00. The summed E-state index contributed by atoms with van der Waals surface area (Å²) in [4.78, 5) is 12.5. The van der Waals surface area contributed by atoms with E-state index in [0.29, 0.717) is 29.0 Å². The Kier molecular flexibility index (Phi) is 4.41. The van der Waals surface area contributed by atoms with Crippen LogP contribution < -0.4 is 10.0 Å². The first-order chi connectivity index (χ1) is 11.9. The highest BCUT2D eigenvalue weighted by Crippen LogP contribution is 2.23. The number of carbonyl (C=O) groups excluding carboxylic acids is 1. The Morgan fingerprint density at radius 1 is 1.16 bits per heavy atom. The van der Waals surface area contributed by atoms with Crippen molar-refractivity contribution < 1.29 is 13.2 Å². The van der Waals surface area contributed by atoms with Crippen molar-refractivity contribution in [2.75, 3.05) is 16.3 Å². The van der Waals surface area contributed by atoms with Crippen molar-refractivity contribution in [2.24, 2.45) is 0 Å². The first-order valence-electron chi connectivity index (χ1n) is 7.59. The molecule has 0 aliphatic carbocycles. The quantitative estimate of drug-likeness (QED) is 0.725. The largest absolute Gasteiger partial charge is 0.320 e. The third-order valence-corrected chi connectivity index (χ3v) is 4.14. The molecule has 0 saturated heterocycles. The summed E-state index contributed by atoms with van der Waals surface area (Å²) in [5.41, 5.74) is 2.55. The first-order valence-corrected chi connectivity index (χ1v) is 9.48. The lowest BCUT2D eigenvalue weighted by Gasteiger charge is -2.12. The van der Waals surface area contributed by atoms with Gasteiger partial charge in [0.1, 0.15) is 5.52 Å². The SMILES string of the molecule is CCn1nnc2cc(C(=O)Nc3ccccc3NS(C)(=O)=O)ccc21. The Balaban J connectivity index is 1.88. The number of sulfonamides is 1. The zero-order valence-electron chi connectivity index (χ0n) is 13.7. The van der Waals surface area contributed by atoms with Crippen molar-refractivity contribution in [1.29, 1.82) is 0 Å². The van der Waals surface area contributed by atoms with Crippen molar-refractivity contribution >= 4 is 38.3 Å². The Hall–Kier alpha value is -2.94. The van der Waals surface area contributed by atoms with E-state index >= 15 is 0 Å². The molecule has 25 heavy (non-hydrogen) atoms. The van der Waals surface area contributed by atoms with Crippen LogP contribution in [0.3, 0.4) is 0 Å². The molecule has 0 bridgehead atoms. The van der Waals surface area contributed by atoms with Gasteiger partial charge < -0.3 is 5.32 Å². The van der Waals surface area contributed by atoms with Crippen LogP contribution in [0.15, 0.2) is 42.5 Å². The van der Waals surface area contributed by atoms with Crippen LogP contribution in [0.2, 0.25) is 0 Å². The molecule has 0 aliphatic heterocycles. The summed E-state index contributed by atoms with van der Waals surface area (Å²) < 4.78 is 27.0. The molecule has 0 saturated carbocycles. The maximum absolute atomic E-state index is 12.5. The molecule has 0 radical (unpaired) electrons. The van der Waals surface area contributed by atoms with Crippen molar-refractivity contribution in [2.45, 2.75) is 13.5 Å². The van der Waals surface area contributed by atoms with Gasteiger partial charge >= 0.3 is 0 Å². The number of hydrogen-bond donors (Lipinski definition) is 2. The molecule has 1 amide bonds. The minimum absolute atomic E-state index is 0.302. The lowest BCUT2D eigenvalue weighted by atomic mass is 10.1. The molecule has 0 aliphatic rings. The molecule has 1 aromatic heterocycles. The molecule has 1 heterocycles. The van der Waals surface area contributed by atoms with Crippen LogP contribution in [0.4, 0.5) is 11.4 Å². The van der Waals surface area contributed by atoms with E-state index < -0.39 is 10.0 Å². The molecule has 8 nitrogen and oxygen atoms in total. The van der Waals surface area contributed by atoms with E-state index in [2.05, 4.69) is 20.4 Å². The van der Waals surface area contributed by atoms with E-state index in [1.807, 2.05) is 6.92 Å². The van der Waals surface area contributed by atoms with Gasteiger partial charge in [-0.25, -0.2) is 13.1 Å². The molecule has 3 rings (SSSR count). The molecule has 0 fully saturated rings. The van der Waals surface area contributed by atoms with Crippen LogP contribution in [0.25, 0.3) is 11.0 Å². The molecule has 2 aromatic carbocycles. The number of aryl methyl sites for hydroxylation is 1. The number of aromatic nitrogens is 3. The number of fused-ring (bicyclic) bond motifs is 1. The first kappa shape index (κ1) is 16.9. The van der Waals surface area contributed by atoms with Crippen molar-refractivity contribution in [3.8, 4) is 0 Å². The Bertz CT molecular complexity index is 1040. The number of benzene rings is 2. The number of para-hydroxylation sites is 2. The molecule has 0 spiro atoms. The predicted octanol–water partition coefficient (Wildman–Crippen LogP) is 2.08. The summed E-state index contributed by atoms with van der Waals surface area (Å²) in [6, 6.07) is 11.7. The van der Waals surface area contributed by atoms with E-state index in [0.717, 1.165) is 11.8 Å². The maximum atomic E-state index is 12.5. The second-order valence-electron chi connectivity index (χ2n) is 5.48. The molecule has 2 N–H and O–H groups in total.